The summed E-state index contributed by atoms with van der Waals surface area (Å²) < 4.78 is 32.5. The van der Waals surface area contributed by atoms with Crippen molar-refractivity contribution in [2.24, 2.45) is 0 Å². The Kier molecular flexibility index (Phi) is 10.7. The van der Waals surface area contributed by atoms with E-state index in [1.54, 1.807) is 24.3 Å². The van der Waals surface area contributed by atoms with Crippen LogP contribution >= 0.6 is 0 Å². The number of hydrogen-bond acceptors (Lipinski definition) is 2. The lowest BCUT2D eigenvalue weighted by atomic mass is 9.93. The minimum atomic E-state index is -4.19. The second kappa shape index (κ2) is 12.3. The van der Waals surface area contributed by atoms with Gasteiger partial charge in [-0.3, -0.25) is 4.55 Å². The van der Waals surface area contributed by atoms with E-state index in [1.165, 1.54) is 57.4 Å². The third kappa shape index (κ3) is 8.68. The van der Waals surface area contributed by atoms with Gasteiger partial charge in [-0.25, -0.2) is 0 Å². The Balaban J connectivity index is 2.33. The molecule has 0 fully saturated rings. The van der Waals surface area contributed by atoms with Gasteiger partial charge in [0, 0.05) is 5.92 Å². The fraction of sp³-hybridized carbons (Fsp3) is 0.619. The Morgan fingerprint density at radius 3 is 2.00 bits per heavy atom. The number of hydrogen-bond donors (Lipinski definition) is 1. The van der Waals surface area contributed by atoms with Crippen LogP contribution in [0.3, 0.4) is 0 Å². The van der Waals surface area contributed by atoms with Gasteiger partial charge in [0.2, 0.25) is 0 Å². The van der Waals surface area contributed by atoms with Gasteiger partial charge >= 0.3 is 0 Å². The largest absolute Gasteiger partial charge is 0.294 e. The number of rotatable bonds is 14. The minimum Gasteiger partial charge on any atom is -0.282 e. The van der Waals surface area contributed by atoms with Crippen molar-refractivity contribution in [3.63, 3.8) is 0 Å². The first-order valence-corrected chi connectivity index (χ1v) is 11.1. The summed E-state index contributed by atoms with van der Waals surface area (Å²) in [5.41, 5.74) is 0.649. The third-order valence-electron chi connectivity index (χ3n) is 4.75. The van der Waals surface area contributed by atoms with Crippen molar-refractivity contribution in [2.75, 3.05) is 0 Å². The number of unbranched alkanes of at least 4 members (excludes halogenated alkanes) is 9. The zero-order chi connectivity index (χ0) is 18.5. The van der Waals surface area contributed by atoms with Gasteiger partial charge in [-0.2, -0.15) is 8.42 Å². The maximum Gasteiger partial charge on any atom is 0.294 e. The number of benzene rings is 1. The van der Waals surface area contributed by atoms with Crippen molar-refractivity contribution in [1.82, 2.24) is 0 Å². The summed E-state index contributed by atoms with van der Waals surface area (Å²) in [4.78, 5) is 0.00646. The second-order valence-electron chi connectivity index (χ2n) is 6.83. The molecule has 25 heavy (non-hydrogen) atoms. The predicted octanol–water partition coefficient (Wildman–Crippen LogP) is 6.51. The molecule has 0 spiro atoms. The first kappa shape index (κ1) is 21.9. The minimum absolute atomic E-state index is 0.00646. The van der Waals surface area contributed by atoms with Crippen LogP contribution in [-0.2, 0) is 10.1 Å². The van der Waals surface area contributed by atoms with E-state index in [-0.39, 0.29) is 10.8 Å². The lowest BCUT2D eigenvalue weighted by Gasteiger charge is -2.15. The van der Waals surface area contributed by atoms with E-state index < -0.39 is 10.1 Å². The Morgan fingerprint density at radius 2 is 1.48 bits per heavy atom. The van der Waals surface area contributed by atoms with Gasteiger partial charge in [0.1, 0.15) is 0 Å². The van der Waals surface area contributed by atoms with E-state index in [4.69, 9.17) is 0 Å². The highest BCUT2D eigenvalue weighted by atomic mass is 32.2. The first-order valence-electron chi connectivity index (χ1n) is 9.69. The third-order valence-corrected chi connectivity index (χ3v) is 5.68. The van der Waals surface area contributed by atoms with E-state index in [2.05, 4.69) is 13.5 Å². The van der Waals surface area contributed by atoms with Crippen LogP contribution in [0.15, 0.2) is 41.8 Å². The maximum absolute atomic E-state index is 11.5. The normalized spacial score (nSPS) is 12.9. The van der Waals surface area contributed by atoms with Crippen molar-refractivity contribution in [1.29, 1.82) is 0 Å². The van der Waals surface area contributed by atoms with Crippen LogP contribution in [0.5, 0.6) is 0 Å². The van der Waals surface area contributed by atoms with Crippen LogP contribution < -0.4 is 0 Å². The zero-order valence-corrected chi connectivity index (χ0v) is 16.4. The molecule has 0 aliphatic rings. The molecule has 1 N–H and O–H groups in total. The molecule has 0 bridgehead atoms. The number of allylic oxidation sites excluding steroid dienone is 1. The summed E-state index contributed by atoms with van der Waals surface area (Å²) in [6.45, 7) is 6.09. The molecule has 1 unspecified atom stereocenters. The molecule has 3 nitrogen and oxygen atoms in total. The van der Waals surface area contributed by atoms with Crippen LogP contribution in [0.1, 0.15) is 89.0 Å². The highest BCUT2D eigenvalue weighted by Gasteiger charge is 2.19. The van der Waals surface area contributed by atoms with Crippen molar-refractivity contribution >= 4 is 10.1 Å². The van der Waals surface area contributed by atoms with Crippen molar-refractivity contribution in [3.05, 3.63) is 42.5 Å². The molecule has 0 saturated heterocycles. The summed E-state index contributed by atoms with van der Waals surface area (Å²) in [5, 5.41) is 0. The van der Waals surface area contributed by atoms with E-state index in [9.17, 15) is 13.0 Å². The summed E-state index contributed by atoms with van der Waals surface area (Å²) in [5.74, 6) is -0.0350. The van der Waals surface area contributed by atoms with E-state index in [1.807, 2.05) is 0 Å². The lowest BCUT2D eigenvalue weighted by molar-refractivity contribution is 0.480. The van der Waals surface area contributed by atoms with Gasteiger partial charge in [-0.15, -0.1) is 6.58 Å². The van der Waals surface area contributed by atoms with Crippen LogP contribution in [0, 0.1) is 0 Å². The standard InChI is InChI=1S/C21H34O3S/c1-3-5-6-7-8-9-10-11-12-13-16-19(4-2)20-17-14-15-18-21(20)25(22,23)24/h4,14-15,17-19H,2-3,5-13,16H2,1H3,(H,22,23,24). The van der Waals surface area contributed by atoms with Crippen LogP contribution in [-0.4, -0.2) is 13.0 Å². The van der Waals surface area contributed by atoms with Crippen LogP contribution in [0.25, 0.3) is 0 Å². The molecule has 0 aromatic heterocycles. The molecular formula is C21H34O3S. The second-order valence-corrected chi connectivity index (χ2v) is 8.22. The molecule has 1 rings (SSSR count). The first-order chi connectivity index (χ1) is 12.0. The average molecular weight is 367 g/mol. The Hall–Kier alpha value is -1.13. The molecule has 0 radical (unpaired) electrons. The van der Waals surface area contributed by atoms with E-state index in [0.717, 1.165) is 19.3 Å². The molecule has 0 aliphatic heterocycles. The van der Waals surface area contributed by atoms with Gasteiger partial charge < -0.3 is 0 Å². The van der Waals surface area contributed by atoms with Gasteiger partial charge in [0.15, 0.2) is 0 Å². The van der Waals surface area contributed by atoms with Crippen molar-refractivity contribution in [3.8, 4) is 0 Å². The summed E-state index contributed by atoms with van der Waals surface area (Å²) in [6.07, 6.45) is 15.4. The maximum atomic E-state index is 11.5. The van der Waals surface area contributed by atoms with Crippen LogP contribution in [0.4, 0.5) is 0 Å². The average Bonchev–Trinajstić information content (AvgIpc) is 2.59. The van der Waals surface area contributed by atoms with Gasteiger partial charge in [0.05, 0.1) is 4.90 Å². The van der Waals surface area contributed by atoms with Crippen molar-refractivity contribution in [2.45, 2.75) is 88.4 Å². The van der Waals surface area contributed by atoms with Gasteiger partial charge in [-0.1, -0.05) is 95.4 Å². The van der Waals surface area contributed by atoms with E-state index in [0.29, 0.717) is 5.56 Å². The SMILES string of the molecule is C=CC(CCCCCCCCCCCC)c1ccccc1S(=O)(=O)O. The Labute approximate surface area is 154 Å². The highest BCUT2D eigenvalue weighted by molar-refractivity contribution is 7.85. The molecule has 0 saturated carbocycles. The molecule has 0 heterocycles. The summed E-state index contributed by atoms with van der Waals surface area (Å²) >= 11 is 0. The molecule has 1 aromatic carbocycles. The molecule has 1 aromatic rings. The summed E-state index contributed by atoms with van der Waals surface area (Å²) in [7, 11) is -4.19. The fourth-order valence-corrected chi connectivity index (χ4v) is 4.04. The zero-order valence-electron chi connectivity index (χ0n) is 15.6. The fourth-order valence-electron chi connectivity index (χ4n) is 3.27. The molecule has 0 amide bonds. The molecule has 142 valence electrons. The molecule has 0 aliphatic carbocycles. The van der Waals surface area contributed by atoms with Gasteiger partial charge in [-0.05, 0) is 18.1 Å². The molecule has 1 atom stereocenters. The Morgan fingerprint density at radius 1 is 0.960 bits per heavy atom. The monoisotopic (exact) mass is 366 g/mol. The summed E-state index contributed by atoms with van der Waals surface area (Å²) in [6, 6.07) is 6.66. The Bertz CT molecular complexity index is 593. The molecular weight excluding hydrogens is 332 g/mol. The van der Waals surface area contributed by atoms with Crippen molar-refractivity contribution < 1.29 is 13.0 Å². The topological polar surface area (TPSA) is 54.4 Å². The highest BCUT2D eigenvalue weighted by Crippen LogP contribution is 2.29. The smallest absolute Gasteiger partial charge is 0.282 e. The molecule has 4 heteroatoms. The van der Waals surface area contributed by atoms with E-state index >= 15 is 0 Å². The van der Waals surface area contributed by atoms with Gasteiger partial charge in [0.25, 0.3) is 10.1 Å². The lowest BCUT2D eigenvalue weighted by Crippen LogP contribution is -2.06. The quantitative estimate of drug-likeness (QED) is 0.232. The van der Waals surface area contributed by atoms with Crippen LogP contribution in [0.2, 0.25) is 0 Å². The predicted molar refractivity (Wildman–Crippen MR) is 106 cm³/mol.